The largest absolute Gasteiger partial charge is 0.486 e. The van der Waals surface area contributed by atoms with Crippen molar-refractivity contribution >= 4 is 29.2 Å². The number of ether oxygens (including phenoxy) is 1. The van der Waals surface area contributed by atoms with Crippen molar-refractivity contribution in [2.75, 3.05) is 0 Å². The van der Waals surface area contributed by atoms with E-state index in [0.29, 0.717) is 29.7 Å². The second-order valence-electron chi connectivity index (χ2n) is 8.55. The summed E-state index contributed by atoms with van der Waals surface area (Å²) in [5.41, 5.74) is 1.06. The molecule has 0 aliphatic carbocycles. The van der Waals surface area contributed by atoms with E-state index >= 15 is 0 Å². The molecule has 3 atom stereocenters. The normalized spacial score (nSPS) is 20.8. The molecule has 0 saturated carbocycles. The predicted octanol–water partition coefficient (Wildman–Crippen LogP) is 5.46. The van der Waals surface area contributed by atoms with E-state index in [1.54, 1.807) is 30.3 Å². The monoisotopic (exact) mass is 516 g/mol. The van der Waals surface area contributed by atoms with Crippen LogP contribution in [0.5, 0.6) is 5.75 Å². The lowest BCUT2D eigenvalue weighted by Gasteiger charge is -2.36. The van der Waals surface area contributed by atoms with Gasteiger partial charge in [0.1, 0.15) is 35.6 Å². The van der Waals surface area contributed by atoms with Crippen molar-refractivity contribution in [2.24, 2.45) is 5.92 Å². The van der Waals surface area contributed by atoms with Gasteiger partial charge >= 0.3 is 12.1 Å². The zero-order chi connectivity index (χ0) is 25.6. The molecule has 186 valence electrons. The highest BCUT2D eigenvalue weighted by Gasteiger charge is 2.48. The molecule has 11 heteroatoms. The van der Waals surface area contributed by atoms with Crippen molar-refractivity contribution in [3.63, 3.8) is 0 Å². The van der Waals surface area contributed by atoms with Gasteiger partial charge in [0.2, 0.25) is 0 Å². The van der Waals surface area contributed by atoms with E-state index in [0.717, 1.165) is 12.1 Å². The van der Waals surface area contributed by atoms with E-state index in [4.69, 9.17) is 20.9 Å². The summed E-state index contributed by atoms with van der Waals surface area (Å²) in [7, 11) is 0. The second-order valence-corrected chi connectivity index (χ2v) is 8.93. The predicted molar refractivity (Wildman–Crippen MR) is 123 cm³/mol. The van der Waals surface area contributed by atoms with Crippen molar-refractivity contribution in [1.29, 1.82) is 0 Å². The fourth-order valence-electron chi connectivity index (χ4n) is 4.89. The lowest BCUT2D eigenvalue weighted by molar-refractivity contribution is -0.141. The van der Waals surface area contributed by atoms with Gasteiger partial charge in [-0.3, -0.25) is 9.69 Å². The van der Waals surface area contributed by atoms with Gasteiger partial charge in [0.25, 0.3) is 0 Å². The Bertz CT molecular complexity index is 1370. The molecule has 36 heavy (non-hydrogen) atoms. The average molecular weight is 517 g/mol. The van der Waals surface area contributed by atoms with Crippen molar-refractivity contribution < 1.29 is 37.8 Å². The number of hydrogen-bond donors (Lipinski definition) is 2. The number of nitrogens with zero attached hydrogens (tertiary/aromatic N) is 2. The van der Waals surface area contributed by atoms with Crippen LogP contribution in [0, 0.1) is 17.6 Å². The minimum Gasteiger partial charge on any atom is -0.486 e. The third-order valence-corrected chi connectivity index (χ3v) is 6.85. The van der Waals surface area contributed by atoms with E-state index in [2.05, 4.69) is 5.16 Å². The molecule has 1 fully saturated rings. The molecule has 0 radical (unpaired) electrons. The number of halogens is 3. The summed E-state index contributed by atoms with van der Waals surface area (Å²) in [6.07, 6.45) is 1.67. The van der Waals surface area contributed by atoms with Crippen molar-refractivity contribution in [3.05, 3.63) is 76.5 Å². The van der Waals surface area contributed by atoms with Crippen molar-refractivity contribution in [1.82, 2.24) is 10.1 Å². The SMILES string of the molecule is O=C(O)C1C(c2ccc(OCc3cc(-c4c(F)ccc(F)c4Cl)no3)cc2)=C[C@@H]2CC[C@H]1N2C(=O)O. The van der Waals surface area contributed by atoms with E-state index in [1.807, 2.05) is 0 Å². The van der Waals surface area contributed by atoms with Crippen LogP contribution in [0.1, 0.15) is 24.2 Å². The molecule has 2 aliphatic rings. The maximum absolute atomic E-state index is 14.1. The van der Waals surface area contributed by atoms with Gasteiger partial charge in [-0.05, 0) is 48.2 Å². The molecule has 8 nitrogen and oxygen atoms in total. The lowest BCUT2D eigenvalue weighted by atomic mass is 9.84. The summed E-state index contributed by atoms with van der Waals surface area (Å²) >= 11 is 5.87. The molecule has 5 rings (SSSR count). The number of rotatable bonds is 6. The van der Waals surface area contributed by atoms with Gasteiger partial charge in [0, 0.05) is 6.07 Å². The number of amides is 1. The molecule has 1 saturated heterocycles. The van der Waals surface area contributed by atoms with Crippen LogP contribution in [-0.2, 0) is 11.4 Å². The Morgan fingerprint density at radius 1 is 1.11 bits per heavy atom. The van der Waals surface area contributed by atoms with Gasteiger partial charge in [0.05, 0.1) is 22.7 Å². The first-order valence-corrected chi connectivity index (χ1v) is 11.4. The first-order chi connectivity index (χ1) is 17.2. The molecule has 3 aromatic rings. The number of carbonyl (C=O) groups is 2. The lowest BCUT2D eigenvalue weighted by Crippen LogP contribution is -2.48. The summed E-state index contributed by atoms with van der Waals surface area (Å²) in [6.45, 7) is -0.0565. The molecule has 0 spiro atoms. The van der Waals surface area contributed by atoms with Crippen LogP contribution in [0.3, 0.4) is 0 Å². The fraction of sp³-hybridized carbons (Fsp3) is 0.240. The summed E-state index contributed by atoms with van der Waals surface area (Å²) in [5, 5.41) is 22.7. The molecule has 2 aromatic carbocycles. The highest BCUT2D eigenvalue weighted by Crippen LogP contribution is 2.43. The fourth-order valence-corrected chi connectivity index (χ4v) is 5.14. The van der Waals surface area contributed by atoms with E-state index < -0.39 is 40.7 Å². The molecule has 1 aromatic heterocycles. The van der Waals surface area contributed by atoms with Crippen LogP contribution in [0.4, 0.5) is 13.6 Å². The van der Waals surface area contributed by atoms with Crippen molar-refractivity contribution in [3.8, 4) is 17.0 Å². The second kappa shape index (κ2) is 9.27. The number of aromatic nitrogens is 1. The van der Waals surface area contributed by atoms with Gasteiger partial charge in [-0.1, -0.05) is 35.0 Å². The van der Waals surface area contributed by atoms with Crippen LogP contribution in [0.15, 0.2) is 53.1 Å². The van der Waals surface area contributed by atoms with Gasteiger partial charge in [-0.15, -0.1) is 0 Å². The highest BCUT2D eigenvalue weighted by atomic mass is 35.5. The number of carboxylic acids is 1. The summed E-state index contributed by atoms with van der Waals surface area (Å²) in [6, 6.07) is 9.02. The van der Waals surface area contributed by atoms with Gasteiger partial charge < -0.3 is 19.5 Å². The molecular formula is C25H19ClF2N2O6. The van der Waals surface area contributed by atoms with Gasteiger partial charge in [0.15, 0.2) is 5.76 Å². The molecule has 3 heterocycles. The van der Waals surface area contributed by atoms with Crippen LogP contribution in [-0.4, -0.2) is 44.4 Å². The Kier molecular flexibility index (Phi) is 6.13. The average Bonchev–Trinajstić information content (AvgIpc) is 3.43. The Hall–Kier alpha value is -3.92. The van der Waals surface area contributed by atoms with E-state index in [9.17, 15) is 28.6 Å². The van der Waals surface area contributed by atoms with Crippen molar-refractivity contribution in [2.45, 2.75) is 31.5 Å². The molecular weight excluding hydrogens is 498 g/mol. The molecule has 1 amide bonds. The highest BCUT2D eigenvalue weighted by molar-refractivity contribution is 6.33. The minimum atomic E-state index is -1.12. The minimum absolute atomic E-state index is 0.0277. The molecule has 2 N–H and O–H groups in total. The smallest absolute Gasteiger partial charge is 0.408 e. The van der Waals surface area contributed by atoms with Crippen LogP contribution >= 0.6 is 11.6 Å². The Labute approximate surface area is 208 Å². The number of hydrogen-bond acceptors (Lipinski definition) is 5. The maximum atomic E-state index is 14.1. The van der Waals surface area contributed by atoms with E-state index in [-0.39, 0.29) is 29.7 Å². The topological polar surface area (TPSA) is 113 Å². The number of aliphatic carboxylic acids is 1. The molecule has 2 aliphatic heterocycles. The summed E-state index contributed by atoms with van der Waals surface area (Å²) in [4.78, 5) is 24.9. The van der Waals surface area contributed by atoms with Gasteiger partial charge in [-0.2, -0.15) is 0 Å². The summed E-state index contributed by atoms with van der Waals surface area (Å²) in [5.74, 6) is -2.86. The Morgan fingerprint density at radius 2 is 1.83 bits per heavy atom. The number of fused-ring (bicyclic) bond motifs is 2. The quantitative estimate of drug-likeness (QED) is 0.418. The summed E-state index contributed by atoms with van der Waals surface area (Å²) < 4.78 is 38.7. The standard InChI is InChI=1S/C25H19ClF2N2O6/c26-23-18(28)7-6-17(27)22(23)19-10-15(36-29-19)11-35-14-4-1-12(2-5-14)16-9-13-3-8-20(21(16)24(31)32)30(13)25(33)34/h1-2,4-7,9-10,13,20-21H,3,8,11H2,(H,31,32)(H,33,34)/t13-,20+,21?/m0/s1. The first kappa shape index (κ1) is 23.8. The zero-order valence-electron chi connectivity index (χ0n) is 18.5. The van der Waals surface area contributed by atoms with Crippen LogP contribution in [0.2, 0.25) is 5.02 Å². The maximum Gasteiger partial charge on any atom is 0.408 e. The third kappa shape index (κ3) is 4.17. The molecule has 1 unspecified atom stereocenters. The van der Waals surface area contributed by atoms with Crippen LogP contribution < -0.4 is 4.74 Å². The Balaban J connectivity index is 1.31. The van der Waals surface area contributed by atoms with Crippen LogP contribution in [0.25, 0.3) is 16.8 Å². The Morgan fingerprint density at radius 3 is 2.53 bits per heavy atom. The zero-order valence-corrected chi connectivity index (χ0v) is 19.3. The van der Waals surface area contributed by atoms with E-state index in [1.165, 1.54) is 11.0 Å². The van der Waals surface area contributed by atoms with Gasteiger partial charge in [-0.25, -0.2) is 13.6 Å². The number of carboxylic acid groups (broad SMARTS) is 2. The third-order valence-electron chi connectivity index (χ3n) is 6.48. The molecule has 2 bridgehead atoms. The number of benzene rings is 2. The first-order valence-electron chi connectivity index (χ1n) is 11.0.